The Morgan fingerprint density at radius 3 is 2.91 bits per heavy atom. The molecule has 0 aliphatic carbocycles. The number of nitrogens with zero attached hydrogens (tertiary/aromatic N) is 1. The Hall–Kier alpha value is -1.14. The molecular formula is C6H6N2O3. The van der Waals surface area contributed by atoms with Gasteiger partial charge in [0.25, 0.3) is 0 Å². The molecule has 1 aromatic rings. The van der Waals surface area contributed by atoms with Gasteiger partial charge in [0.2, 0.25) is 5.69 Å². The Balaban J connectivity index is 2.56. The molecule has 58 valence electrons. The second-order valence-corrected chi connectivity index (χ2v) is 2.23. The zero-order valence-corrected chi connectivity index (χ0v) is 5.52. The third-order valence-electron chi connectivity index (χ3n) is 1.49. The quantitative estimate of drug-likeness (QED) is 0.434. The van der Waals surface area contributed by atoms with Crippen molar-refractivity contribution >= 4 is 11.4 Å². The smallest absolute Gasteiger partial charge is 0.228 e. The lowest BCUT2D eigenvalue weighted by Gasteiger charge is -2.20. The molecule has 0 spiro atoms. The van der Waals surface area contributed by atoms with Gasteiger partial charge in [0.15, 0.2) is 0 Å². The first-order valence-corrected chi connectivity index (χ1v) is 3.07. The minimum Gasteiger partial charge on any atom is -0.557 e. The Morgan fingerprint density at radius 1 is 1.45 bits per heavy atom. The van der Waals surface area contributed by atoms with Gasteiger partial charge < -0.3 is 5.21 Å². The summed E-state index contributed by atoms with van der Waals surface area (Å²) in [6.07, 6.45) is 0. The van der Waals surface area contributed by atoms with E-state index in [4.69, 9.17) is 5.21 Å². The number of fused-ring (bicyclic) bond motifs is 1. The molecule has 0 bridgehead atoms. The first kappa shape index (κ1) is 6.56. The average molecular weight is 154 g/mol. The number of anilines is 1. The summed E-state index contributed by atoms with van der Waals surface area (Å²) in [6.45, 7) is 0. The zero-order chi connectivity index (χ0) is 7.90. The molecule has 2 rings (SSSR count). The fourth-order valence-corrected chi connectivity index (χ4v) is 0.967. The summed E-state index contributed by atoms with van der Waals surface area (Å²) in [7, 11) is 0. The second-order valence-electron chi connectivity index (χ2n) is 2.23. The van der Waals surface area contributed by atoms with Crippen molar-refractivity contribution < 1.29 is 10.1 Å². The molecule has 1 aromatic carbocycles. The van der Waals surface area contributed by atoms with Crippen LogP contribution in [0.3, 0.4) is 0 Å². The van der Waals surface area contributed by atoms with E-state index in [1.807, 2.05) is 0 Å². The number of rotatable bonds is 0. The van der Waals surface area contributed by atoms with E-state index in [-0.39, 0.29) is 5.69 Å². The van der Waals surface area contributed by atoms with Gasteiger partial charge in [-0.25, -0.2) is 5.48 Å². The standard InChI is InChI=1S/C6H6N2O3/c9-8(10)6-4-2-1-3-5(6)7-11-8/h1-4,7,9H. The van der Waals surface area contributed by atoms with Crippen molar-refractivity contribution in [3.63, 3.8) is 0 Å². The Morgan fingerprint density at radius 2 is 2.18 bits per heavy atom. The SMILES string of the molecule is [O-][N+]1(O)ONc2ccccc21. The molecular weight excluding hydrogens is 148 g/mol. The molecule has 0 radical (unpaired) electrons. The highest BCUT2D eigenvalue weighted by Gasteiger charge is 2.32. The molecule has 0 saturated carbocycles. The second kappa shape index (κ2) is 1.93. The van der Waals surface area contributed by atoms with Crippen LogP contribution in [0.15, 0.2) is 24.3 Å². The van der Waals surface area contributed by atoms with E-state index in [0.29, 0.717) is 5.69 Å². The molecule has 1 aliphatic heterocycles. The van der Waals surface area contributed by atoms with E-state index in [1.165, 1.54) is 6.07 Å². The lowest BCUT2D eigenvalue weighted by atomic mass is 10.3. The minimum absolute atomic E-state index is 0.160. The third-order valence-corrected chi connectivity index (χ3v) is 1.49. The van der Waals surface area contributed by atoms with Gasteiger partial charge in [-0.2, -0.15) is 5.21 Å². The van der Waals surface area contributed by atoms with E-state index in [1.54, 1.807) is 18.2 Å². The van der Waals surface area contributed by atoms with Crippen molar-refractivity contribution in [2.45, 2.75) is 0 Å². The average Bonchev–Trinajstić information content (AvgIpc) is 2.29. The van der Waals surface area contributed by atoms with Gasteiger partial charge in [0, 0.05) is 6.07 Å². The number of quaternary nitrogens is 1. The molecule has 0 amide bonds. The van der Waals surface area contributed by atoms with Crippen LogP contribution < -0.4 is 10.5 Å². The first-order chi connectivity index (χ1) is 5.20. The van der Waals surface area contributed by atoms with Gasteiger partial charge >= 0.3 is 0 Å². The Labute approximate surface area is 62.5 Å². The molecule has 1 unspecified atom stereocenters. The van der Waals surface area contributed by atoms with Crippen LogP contribution in [0.5, 0.6) is 0 Å². The fraction of sp³-hybridized carbons (Fsp3) is 0. The maximum Gasteiger partial charge on any atom is 0.228 e. The van der Waals surface area contributed by atoms with Crippen molar-refractivity contribution in [1.82, 2.24) is 4.97 Å². The summed E-state index contributed by atoms with van der Waals surface area (Å²) >= 11 is 0. The summed E-state index contributed by atoms with van der Waals surface area (Å²) in [5, 5.41) is 19.9. The van der Waals surface area contributed by atoms with Crippen LogP contribution >= 0.6 is 0 Å². The molecule has 11 heavy (non-hydrogen) atoms. The molecule has 1 atom stereocenters. The summed E-state index contributed by atoms with van der Waals surface area (Å²) in [5.74, 6) is 0. The van der Waals surface area contributed by atoms with Crippen molar-refractivity contribution in [3.05, 3.63) is 29.5 Å². The molecule has 0 saturated heterocycles. The van der Waals surface area contributed by atoms with E-state index in [2.05, 4.69) is 10.4 Å². The Kier molecular flexibility index (Phi) is 1.15. The van der Waals surface area contributed by atoms with Gasteiger partial charge in [-0.1, -0.05) is 12.1 Å². The normalized spacial score (nSPS) is 27.8. The highest BCUT2D eigenvalue weighted by Crippen LogP contribution is 2.34. The van der Waals surface area contributed by atoms with Gasteiger partial charge in [0.1, 0.15) is 5.69 Å². The van der Waals surface area contributed by atoms with Crippen molar-refractivity contribution in [3.8, 4) is 0 Å². The van der Waals surface area contributed by atoms with Crippen molar-refractivity contribution in [2.24, 2.45) is 0 Å². The predicted octanol–water partition coefficient (Wildman–Crippen LogP) is 1.15. The van der Waals surface area contributed by atoms with Gasteiger partial charge in [0.05, 0.1) is 0 Å². The molecule has 1 aliphatic rings. The predicted molar refractivity (Wildman–Crippen MR) is 38.1 cm³/mol. The highest BCUT2D eigenvalue weighted by molar-refractivity contribution is 5.67. The van der Waals surface area contributed by atoms with Gasteiger partial charge in [-0.05, 0) is 16.0 Å². The maximum absolute atomic E-state index is 10.9. The molecule has 1 heterocycles. The topological polar surface area (TPSA) is 64.5 Å². The fourth-order valence-electron chi connectivity index (χ4n) is 0.967. The van der Waals surface area contributed by atoms with Crippen LogP contribution in [0.2, 0.25) is 0 Å². The Bertz CT molecular complexity index is 287. The lowest BCUT2D eigenvalue weighted by molar-refractivity contribution is -0.263. The summed E-state index contributed by atoms with van der Waals surface area (Å²) in [5.41, 5.74) is 2.95. The maximum atomic E-state index is 10.9. The number of para-hydroxylation sites is 2. The molecule has 5 heteroatoms. The van der Waals surface area contributed by atoms with Crippen LogP contribution in [0, 0.1) is 5.21 Å². The number of benzene rings is 1. The number of hydrogen-bond donors (Lipinski definition) is 2. The van der Waals surface area contributed by atoms with Crippen LogP contribution in [-0.2, 0) is 4.94 Å². The highest BCUT2D eigenvalue weighted by atomic mass is 17.2. The summed E-state index contributed by atoms with van der Waals surface area (Å²) in [4.78, 5) is 2.49. The lowest BCUT2D eigenvalue weighted by Crippen LogP contribution is -2.35. The van der Waals surface area contributed by atoms with Crippen LogP contribution in [0.1, 0.15) is 0 Å². The van der Waals surface area contributed by atoms with Crippen LogP contribution in [-0.4, -0.2) is 5.21 Å². The number of nitrogens with one attached hydrogen (secondary N) is 1. The largest absolute Gasteiger partial charge is 0.557 e. The van der Waals surface area contributed by atoms with E-state index < -0.39 is 4.97 Å². The summed E-state index contributed by atoms with van der Waals surface area (Å²) < 4.78 is 0. The minimum atomic E-state index is -1.81. The van der Waals surface area contributed by atoms with Crippen molar-refractivity contribution in [2.75, 3.05) is 5.48 Å². The van der Waals surface area contributed by atoms with Crippen molar-refractivity contribution in [1.29, 1.82) is 0 Å². The van der Waals surface area contributed by atoms with E-state index in [0.717, 1.165) is 0 Å². The monoisotopic (exact) mass is 154 g/mol. The molecule has 2 N–H and O–H groups in total. The van der Waals surface area contributed by atoms with Gasteiger partial charge in [-0.15, -0.1) is 0 Å². The van der Waals surface area contributed by atoms with Crippen LogP contribution in [0.25, 0.3) is 0 Å². The number of hydrogen-bond acceptors (Lipinski definition) is 4. The van der Waals surface area contributed by atoms with Crippen LogP contribution in [0.4, 0.5) is 11.4 Å². The van der Waals surface area contributed by atoms with E-state index >= 15 is 0 Å². The summed E-state index contributed by atoms with van der Waals surface area (Å²) in [6, 6.07) is 6.52. The van der Waals surface area contributed by atoms with E-state index in [9.17, 15) is 5.21 Å². The zero-order valence-electron chi connectivity index (χ0n) is 5.52. The molecule has 0 fully saturated rings. The molecule has 0 aromatic heterocycles. The van der Waals surface area contributed by atoms with Gasteiger partial charge in [-0.3, -0.25) is 0 Å². The first-order valence-electron chi connectivity index (χ1n) is 3.07. The third kappa shape index (κ3) is 0.873. The molecule has 5 nitrogen and oxygen atoms in total.